The highest BCUT2D eigenvalue weighted by molar-refractivity contribution is 7.99. The molecule has 0 saturated heterocycles. The van der Waals surface area contributed by atoms with Crippen molar-refractivity contribution in [2.24, 2.45) is 0 Å². The molecule has 3 N–H and O–H groups in total. The molecule has 4 nitrogen and oxygen atoms in total. The van der Waals surface area contributed by atoms with Crippen molar-refractivity contribution in [1.29, 1.82) is 0 Å². The number of nitrogens with one attached hydrogen (secondary N) is 1. The van der Waals surface area contributed by atoms with Crippen molar-refractivity contribution in [3.05, 3.63) is 41.6 Å². The minimum atomic E-state index is 0.567. The predicted molar refractivity (Wildman–Crippen MR) is 78.3 cm³/mol. The Hall–Kier alpha value is -2.01. The van der Waals surface area contributed by atoms with Gasteiger partial charge in [0.15, 0.2) is 5.16 Å². The zero-order valence-electron chi connectivity index (χ0n) is 10.8. The van der Waals surface area contributed by atoms with E-state index >= 15 is 0 Å². The molecule has 0 aliphatic carbocycles. The normalized spacial score (nSPS) is 11.1. The minimum Gasteiger partial charge on any atom is -0.383 e. The molecule has 2 heterocycles. The minimum absolute atomic E-state index is 0.567. The number of hydrogen-bond acceptors (Lipinski definition) is 4. The molecular weight excluding hydrogens is 256 g/mol. The first-order valence-electron chi connectivity index (χ1n) is 5.99. The van der Waals surface area contributed by atoms with E-state index in [1.165, 1.54) is 5.56 Å². The van der Waals surface area contributed by atoms with Crippen molar-refractivity contribution in [2.75, 3.05) is 5.73 Å². The van der Waals surface area contributed by atoms with E-state index in [-0.39, 0.29) is 0 Å². The average molecular weight is 270 g/mol. The van der Waals surface area contributed by atoms with E-state index in [0.717, 1.165) is 26.6 Å². The smallest absolute Gasteiger partial charge is 0.171 e. The zero-order chi connectivity index (χ0) is 13.4. The summed E-state index contributed by atoms with van der Waals surface area (Å²) in [6.45, 7) is 4.03. The maximum absolute atomic E-state index is 5.81. The standard InChI is InChI=1S/C14H14N4S/c1-8-3-4-10-11(7-8)18-14(17-10)19-12-5-6-16-13(15)9(12)2/h3-7H,1-2H3,(H2,15,16)(H,17,18). The molecule has 0 bridgehead atoms. The van der Waals surface area contributed by atoms with Crippen molar-refractivity contribution < 1.29 is 0 Å². The molecule has 0 saturated carbocycles. The SMILES string of the molecule is Cc1ccc2[nH]c(Sc3ccnc(N)c3C)nc2c1. The lowest BCUT2D eigenvalue weighted by atomic mass is 10.2. The van der Waals surface area contributed by atoms with Gasteiger partial charge in [-0.3, -0.25) is 0 Å². The topological polar surface area (TPSA) is 67.6 Å². The van der Waals surface area contributed by atoms with Crippen LogP contribution in [0.25, 0.3) is 11.0 Å². The number of nitrogens with zero attached hydrogens (tertiary/aromatic N) is 2. The Morgan fingerprint density at radius 3 is 2.89 bits per heavy atom. The Morgan fingerprint density at radius 1 is 1.21 bits per heavy atom. The second-order valence-corrected chi connectivity index (χ2v) is 5.51. The number of nitrogen functional groups attached to an aromatic ring is 1. The van der Waals surface area contributed by atoms with Gasteiger partial charge in [0, 0.05) is 16.7 Å². The maximum atomic E-state index is 5.81. The molecule has 0 fully saturated rings. The second-order valence-electron chi connectivity index (χ2n) is 4.48. The van der Waals surface area contributed by atoms with Crippen LogP contribution in [0.15, 0.2) is 40.5 Å². The highest BCUT2D eigenvalue weighted by Crippen LogP contribution is 2.31. The summed E-state index contributed by atoms with van der Waals surface area (Å²) >= 11 is 1.57. The summed E-state index contributed by atoms with van der Waals surface area (Å²) in [5.41, 5.74) is 10.0. The fourth-order valence-corrected chi connectivity index (χ4v) is 2.79. The number of aryl methyl sites for hydroxylation is 1. The molecule has 0 aliphatic heterocycles. The number of rotatable bonds is 2. The Kier molecular flexibility index (Phi) is 2.91. The van der Waals surface area contributed by atoms with Crippen LogP contribution < -0.4 is 5.73 Å². The number of H-pyrrole nitrogens is 1. The first-order valence-corrected chi connectivity index (χ1v) is 6.80. The number of nitrogens with two attached hydrogens (primary N) is 1. The molecular formula is C14H14N4S. The van der Waals surface area contributed by atoms with E-state index in [4.69, 9.17) is 5.73 Å². The van der Waals surface area contributed by atoms with Crippen LogP contribution in [0, 0.1) is 13.8 Å². The monoisotopic (exact) mass is 270 g/mol. The first kappa shape index (κ1) is 12.0. The van der Waals surface area contributed by atoms with Gasteiger partial charge >= 0.3 is 0 Å². The average Bonchev–Trinajstić information content (AvgIpc) is 2.76. The molecule has 96 valence electrons. The van der Waals surface area contributed by atoms with Gasteiger partial charge in [0.2, 0.25) is 0 Å². The molecule has 19 heavy (non-hydrogen) atoms. The molecule has 0 unspecified atom stereocenters. The summed E-state index contributed by atoms with van der Waals surface area (Å²) in [6.07, 6.45) is 1.72. The van der Waals surface area contributed by atoms with Gasteiger partial charge in [-0.25, -0.2) is 9.97 Å². The van der Waals surface area contributed by atoms with Crippen molar-refractivity contribution in [3.8, 4) is 0 Å². The molecule has 0 spiro atoms. The lowest BCUT2D eigenvalue weighted by Crippen LogP contribution is -1.94. The molecule has 3 rings (SSSR count). The second kappa shape index (κ2) is 4.59. The van der Waals surface area contributed by atoms with E-state index in [9.17, 15) is 0 Å². The Labute approximate surface area is 115 Å². The van der Waals surface area contributed by atoms with Crippen LogP contribution in [0.2, 0.25) is 0 Å². The third-order valence-electron chi connectivity index (χ3n) is 3.02. The summed E-state index contributed by atoms with van der Waals surface area (Å²) in [6, 6.07) is 8.15. The molecule has 5 heteroatoms. The van der Waals surface area contributed by atoms with Crippen molar-refractivity contribution in [3.63, 3.8) is 0 Å². The van der Waals surface area contributed by atoms with Crippen LogP contribution in [0.3, 0.4) is 0 Å². The number of aromatic amines is 1. The molecule has 1 aromatic carbocycles. The van der Waals surface area contributed by atoms with E-state index in [1.54, 1.807) is 18.0 Å². The third kappa shape index (κ3) is 2.29. The number of fused-ring (bicyclic) bond motifs is 1. The van der Waals surface area contributed by atoms with Gasteiger partial charge in [-0.05, 0) is 37.6 Å². The van der Waals surface area contributed by atoms with Crippen molar-refractivity contribution >= 4 is 28.6 Å². The number of aromatic nitrogens is 3. The maximum Gasteiger partial charge on any atom is 0.171 e. The fraction of sp³-hybridized carbons (Fsp3) is 0.143. The van der Waals surface area contributed by atoms with Gasteiger partial charge < -0.3 is 10.7 Å². The lowest BCUT2D eigenvalue weighted by Gasteiger charge is -2.04. The largest absolute Gasteiger partial charge is 0.383 e. The zero-order valence-corrected chi connectivity index (χ0v) is 11.6. The number of anilines is 1. The highest BCUT2D eigenvalue weighted by Gasteiger charge is 2.08. The van der Waals surface area contributed by atoms with Crippen LogP contribution in [0.5, 0.6) is 0 Å². The van der Waals surface area contributed by atoms with Crippen LogP contribution in [-0.2, 0) is 0 Å². The fourth-order valence-electron chi connectivity index (χ4n) is 1.89. The van der Waals surface area contributed by atoms with Gasteiger partial charge in [-0.1, -0.05) is 17.8 Å². The lowest BCUT2D eigenvalue weighted by molar-refractivity contribution is 1.07. The summed E-state index contributed by atoms with van der Waals surface area (Å²) in [5, 5.41) is 0.870. The predicted octanol–water partition coefficient (Wildman–Crippen LogP) is 3.31. The van der Waals surface area contributed by atoms with Crippen LogP contribution in [-0.4, -0.2) is 15.0 Å². The summed E-state index contributed by atoms with van der Waals surface area (Å²) in [4.78, 5) is 13.0. The number of benzene rings is 1. The van der Waals surface area contributed by atoms with Gasteiger partial charge in [0.1, 0.15) is 5.82 Å². The third-order valence-corrected chi connectivity index (χ3v) is 4.07. The van der Waals surface area contributed by atoms with Crippen LogP contribution >= 0.6 is 11.8 Å². The molecule has 2 aromatic heterocycles. The highest BCUT2D eigenvalue weighted by atomic mass is 32.2. The summed E-state index contributed by atoms with van der Waals surface area (Å²) < 4.78 is 0. The first-order chi connectivity index (χ1) is 9.13. The van der Waals surface area contributed by atoms with E-state index in [1.807, 2.05) is 13.0 Å². The van der Waals surface area contributed by atoms with Gasteiger partial charge in [-0.15, -0.1) is 0 Å². The van der Waals surface area contributed by atoms with Crippen LogP contribution in [0.1, 0.15) is 11.1 Å². The number of hydrogen-bond donors (Lipinski definition) is 2. The van der Waals surface area contributed by atoms with Crippen LogP contribution in [0.4, 0.5) is 5.82 Å². The quantitative estimate of drug-likeness (QED) is 0.749. The molecule has 0 atom stereocenters. The Bertz CT molecular complexity index is 748. The summed E-state index contributed by atoms with van der Waals surface area (Å²) in [7, 11) is 0. The summed E-state index contributed by atoms with van der Waals surface area (Å²) in [5.74, 6) is 0.567. The van der Waals surface area contributed by atoms with Crippen molar-refractivity contribution in [2.45, 2.75) is 23.9 Å². The van der Waals surface area contributed by atoms with Gasteiger partial charge in [0.25, 0.3) is 0 Å². The molecule has 0 amide bonds. The Balaban J connectivity index is 1.99. The van der Waals surface area contributed by atoms with Gasteiger partial charge in [0.05, 0.1) is 11.0 Å². The molecule has 0 radical (unpaired) electrons. The van der Waals surface area contributed by atoms with Crippen molar-refractivity contribution in [1.82, 2.24) is 15.0 Å². The van der Waals surface area contributed by atoms with E-state index in [0.29, 0.717) is 5.82 Å². The Morgan fingerprint density at radius 2 is 2.05 bits per heavy atom. The number of imidazole rings is 1. The number of pyridine rings is 1. The van der Waals surface area contributed by atoms with E-state index in [2.05, 4.69) is 40.1 Å². The molecule has 0 aliphatic rings. The molecule has 3 aromatic rings. The van der Waals surface area contributed by atoms with Gasteiger partial charge in [-0.2, -0.15) is 0 Å². The van der Waals surface area contributed by atoms with E-state index < -0.39 is 0 Å².